The van der Waals surface area contributed by atoms with Crippen molar-refractivity contribution in [3.63, 3.8) is 0 Å². The summed E-state index contributed by atoms with van der Waals surface area (Å²) in [7, 11) is -2.76. The Bertz CT molecular complexity index is 250. The van der Waals surface area contributed by atoms with Gasteiger partial charge < -0.3 is 0 Å². The third-order valence-corrected chi connectivity index (χ3v) is 5.14. The van der Waals surface area contributed by atoms with Gasteiger partial charge in [-0.25, -0.2) is 8.42 Å². The number of thioether (sulfide) groups is 1. The molecule has 0 saturated carbocycles. The number of hydrogen-bond acceptors (Lipinski definition) is 4. The fourth-order valence-electron chi connectivity index (χ4n) is 1.51. The molecule has 104 valence electrons. The monoisotopic (exact) mass is 298 g/mol. The summed E-state index contributed by atoms with van der Waals surface area (Å²) in [5, 5.41) is 0. The van der Waals surface area contributed by atoms with E-state index in [9.17, 15) is 8.42 Å². The van der Waals surface area contributed by atoms with Crippen LogP contribution in [0.15, 0.2) is 0 Å². The van der Waals surface area contributed by atoms with Gasteiger partial charge in [0, 0.05) is 12.0 Å². The quantitative estimate of drug-likeness (QED) is 0.443. The minimum Gasteiger partial charge on any atom is -0.229 e. The van der Waals surface area contributed by atoms with Crippen LogP contribution in [0.2, 0.25) is 0 Å². The molecule has 0 atom stereocenters. The first kappa shape index (κ1) is 17.6. The number of rotatable bonds is 12. The van der Waals surface area contributed by atoms with E-state index in [1.54, 1.807) is 11.8 Å². The van der Waals surface area contributed by atoms with Crippen LogP contribution < -0.4 is 0 Å². The summed E-state index contributed by atoms with van der Waals surface area (Å²) in [5.74, 6) is 3.19. The number of unbranched alkanes of at least 4 members (excludes halogenated alkanes) is 6. The molecule has 17 heavy (non-hydrogen) atoms. The second-order valence-corrected chi connectivity index (χ2v) is 8.37. The van der Waals surface area contributed by atoms with Crippen LogP contribution in [0.4, 0.5) is 0 Å². The lowest BCUT2D eigenvalue weighted by Gasteiger charge is -2.02. The number of hydrogen-bond donors (Lipinski definition) is 1. The van der Waals surface area contributed by atoms with Crippen LogP contribution in [0.5, 0.6) is 0 Å². The number of thiol groups is 1. The topological polar surface area (TPSA) is 34.1 Å². The summed E-state index contributed by atoms with van der Waals surface area (Å²) in [6.45, 7) is 0. The SMILES string of the molecule is CS(=O)(=O)CCSCCCCCCCCCS. The Labute approximate surface area is 117 Å². The normalized spacial score (nSPS) is 11.9. The lowest BCUT2D eigenvalue weighted by molar-refractivity contribution is 0.603. The van der Waals surface area contributed by atoms with Crippen LogP contribution in [-0.2, 0) is 9.84 Å². The van der Waals surface area contributed by atoms with Crippen LogP contribution >= 0.6 is 24.4 Å². The molecule has 0 heterocycles. The molecule has 0 aliphatic carbocycles. The minimum atomic E-state index is -2.76. The Morgan fingerprint density at radius 1 is 0.882 bits per heavy atom. The maximum Gasteiger partial charge on any atom is 0.148 e. The summed E-state index contributed by atoms with van der Waals surface area (Å²) in [4.78, 5) is 0. The van der Waals surface area contributed by atoms with E-state index < -0.39 is 9.84 Å². The largest absolute Gasteiger partial charge is 0.229 e. The average Bonchev–Trinajstić information content (AvgIpc) is 2.24. The molecule has 0 spiro atoms. The van der Waals surface area contributed by atoms with E-state index in [2.05, 4.69) is 12.6 Å². The Kier molecular flexibility index (Phi) is 12.2. The molecule has 0 aromatic heterocycles. The molecule has 0 aliphatic heterocycles. The van der Waals surface area contributed by atoms with Crippen LogP contribution in [0, 0.1) is 0 Å². The predicted molar refractivity (Wildman–Crippen MR) is 83.2 cm³/mol. The Balaban J connectivity index is 3.04. The first-order chi connectivity index (χ1) is 8.06. The van der Waals surface area contributed by atoms with Crippen molar-refractivity contribution in [2.75, 3.05) is 29.3 Å². The van der Waals surface area contributed by atoms with Crippen molar-refractivity contribution in [2.45, 2.75) is 44.9 Å². The van der Waals surface area contributed by atoms with Gasteiger partial charge in [0.25, 0.3) is 0 Å². The van der Waals surface area contributed by atoms with Gasteiger partial charge in [0.05, 0.1) is 5.75 Å². The van der Waals surface area contributed by atoms with Gasteiger partial charge >= 0.3 is 0 Å². The van der Waals surface area contributed by atoms with Crippen LogP contribution in [0.1, 0.15) is 44.9 Å². The minimum absolute atomic E-state index is 0.321. The highest BCUT2D eigenvalue weighted by atomic mass is 32.2. The van der Waals surface area contributed by atoms with E-state index >= 15 is 0 Å². The van der Waals surface area contributed by atoms with E-state index in [4.69, 9.17) is 0 Å². The van der Waals surface area contributed by atoms with Crippen molar-refractivity contribution in [1.29, 1.82) is 0 Å². The molecule has 0 aromatic carbocycles. The summed E-state index contributed by atoms with van der Waals surface area (Å²) >= 11 is 5.95. The van der Waals surface area contributed by atoms with Crippen molar-refractivity contribution in [1.82, 2.24) is 0 Å². The lowest BCUT2D eigenvalue weighted by Crippen LogP contribution is -2.05. The summed E-state index contributed by atoms with van der Waals surface area (Å²) < 4.78 is 21.7. The second kappa shape index (κ2) is 11.7. The first-order valence-electron chi connectivity index (χ1n) is 6.42. The fourth-order valence-corrected chi connectivity index (χ4v) is 4.03. The second-order valence-electron chi connectivity index (χ2n) is 4.44. The smallest absolute Gasteiger partial charge is 0.148 e. The highest BCUT2D eigenvalue weighted by molar-refractivity contribution is 8.00. The zero-order valence-electron chi connectivity index (χ0n) is 10.9. The van der Waals surface area contributed by atoms with Crippen molar-refractivity contribution < 1.29 is 8.42 Å². The van der Waals surface area contributed by atoms with Gasteiger partial charge in [-0.1, -0.05) is 32.1 Å². The molecule has 0 fully saturated rings. The molecule has 0 radical (unpaired) electrons. The predicted octanol–water partition coefficient (Wildman–Crippen LogP) is 3.42. The third-order valence-electron chi connectivity index (χ3n) is 2.55. The molecule has 0 saturated heterocycles. The maximum absolute atomic E-state index is 10.9. The standard InChI is InChI=1S/C12H26O2S3/c1-17(13,14)12-11-16-10-8-6-4-2-3-5-7-9-15/h15H,2-12H2,1H3. The summed E-state index contributed by atoms with van der Waals surface area (Å²) in [6, 6.07) is 0. The molecular formula is C12H26O2S3. The van der Waals surface area contributed by atoms with E-state index in [1.165, 1.54) is 51.2 Å². The number of sulfone groups is 1. The molecule has 5 heteroatoms. The summed E-state index contributed by atoms with van der Waals surface area (Å²) in [5.41, 5.74) is 0. The highest BCUT2D eigenvalue weighted by Gasteiger charge is 2.00. The van der Waals surface area contributed by atoms with Gasteiger partial charge in [0.2, 0.25) is 0 Å². The first-order valence-corrected chi connectivity index (χ1v) is 10.3. The molecule has 2 nitrogen and oxygen atoms in total. The van der Waals surface area contributed by atoms with Gasteiger partial charge in [0.1, 0.15) is 9.84 Å². The molecule has 0 unspecified atom stereocenters. The third kappa shape index (κ3) is 16.6. The van der Waals surface area contributed by atoms with Crippen LogP contribution in [0.25, 0.3) is 0 Å². The zero-order chi connectivity index (χ0) is 13.0. The van der Waals surface area contributed by atoms with Gasteiger partial charge in [0.15, 0.2) is 0 Å². The van der Waals surface area contributed by atoms with Gasteiger partial charge in [-0.2, -0.15) is 24.4 Å². The van der Waals surface area contributed by atoms with Gasteiger partial charge in [-0.15, -0.1) is 0 Å². The molecule has 0 N–H and O–H groups in total. The Morgan fingerprint density at radius 2 is 1.41 bits per heavy atom. The van der Waals surface area contributed by atoms with Crippen molar-refractivity contribution in [3.8, 4) is 0 Å². The maximum atomic E-state index is 10.9. The van der Waals surface area contributed by atoms with Gasteiger partial charge in [-0.3, -0.25) is 0 Å². The Morgan fingerprint density at radius 3 is 1.94 bits per heavy atom. The van der Waals surface area contributed by atoms with E-state index in [-0.39, 0.29) is 0 Å². The van der Waals surface area contributed by atoms with Crippen molar-refractivity contribution in [3.05, 3.63) is 0 Å². The molecule has 0 bridgehead atoms. The highest BCUT2D eigenvalue weighted by Crippen LogP contribution is 2.11. The van der Waals surface area contributed by atoms with Crippen LogP contribution in [0.3, 0.4) is 0 Å². The van der Waals surface area contributed by atoms with E-state index in [0.717, 1.165) is 17.3 Å². The Hall–Kier alpha value is 0.650. The molecular weight excluding hydrogens is 272 g/mol. The van der Waals surface area contributed by atoms with Crippen molar-refractivity contribution in [2.24, 2.45) is 0 Å². The summed E-state index contributed by atoms with van der Waals surface area (Å²) in [6.07, 6.45) is 10.4. The molecule has 0 aliphatic rings. The van der Waals surface area contributed by atoms with E-state index in [0.29, 0.717) is 5.75 Å². The fraction of sp³-hybridized carbons (Fsp3) is 1.00. The zero-order valence-corrected chi connectivity index (χ0v) is 13.4. The van der Waals surface area contributed by atoms with Crippen LogP contribution in [-0.4, -0.2) is 37.7 Å². The van der Waals surface area contributed by atoms with Crippen molar-refractivity contribution >= 4 is 34.2 Å². The lowest BCUT2D eigenvalue weighted by atomic mass is 10.1. The average molecular weight is 299 g/mol. The van der Waals surface area contributed by atoms with Gasteiger partial charge in [-0.05, 0) is 24.3 Å². The molecule has 0 rings (SSSR count). The molecule has 0 aromatic rings. The van der Waals surface area contributed by atoms with E-state index in [1.807, 2.05) is 0 Å². The molecule has 0 amide bonds.